The summed E-state index contributed by atoms with van der Waals surface area (Å²) in [6.45, 7) is 0.663. The zero-order valence-electron chi connectivity index (χ0n) is 17.0. The number of rotatable bonds is 6. The summed E-state index contributed by atoms with van der Waals surface area (Å²) in [5.41, 5.74) is 3.30. The lowest BCUT2D eigenvalue weighted by molar-refractivity contribution is -0.114. The highest BCUT2D eigenvalue weighted by atomic mass is 32.2. The fourth-order valence-corrected chi connectivity index (χ4v) is 4.51. The molecule has 0 aliphatic carbocycles. The van der Waals surface area contributed by atoms with Crippen LogP contribution in [0.15, 0.2) is 83.8 Å². The molecule has 0 unspecified atom stereocenters. The van der Waals surface area contributed by atoms with Gasteiger partial charge >= 0.3 is 0 Å². The van der Waals surface area contributed by atoms with Gasteiger partial charge in [-0.15, -0.1) is 0 Å². The quantitative estimate of drug-likeness (QED) is 0.593. The number of anilines is 2. The van der Waals surface area contributed by atoms with Gasteiger partial charge in [-0.25, -0.2) is 8.42 Å². The van der Waals surface area contributed by atoms with Gasteiger partial charge in [0.15, 0.2) is 0 Å². The Labute approximate surface area is 181 Å². The van der Waals surface area contributed by atoms with Crippen LogP contribution in [0.2, 0.25) is 0 Å². The number of para-hydroxylation sites is 1. The Morgan fingerprint density at radius 3 is 2.42 bits per heavy atom. The second-order valence-corrected chi connectivity index (χ2v) is 8.79. The van der Waals surface area contributed by atoms with E-state index in [1.807, 2.05) is 24.3 Å². The molecule has 1 N–H and O–H groups in total. The summed E-state index contributed by atoms with van der Waals surface area (Å²) in [5.74, 6) is 0.550. The van der Waals surface area contributed by atoms with Gasteiger partial charge in [0.05, 0.1) is 12.0 Å². The van der Waals surface area contributed by atoms with Crippen LogP contribution in [-0.2, 0) is 21.2 Å². The Balaban J connectivity index is 1.43. The van der Waals surface area contributed by atoms with Gasteiger partial charge in [0.2, 0.25) is 0 Å². The Hall–Kier alpha value is -3.58. The molecule has 3 aromatic carbocycles. The smallest absolute Gasteiger partial charge is 0.261 e. The molecule has 0 saturated heterocycles. The van der Waals surface area contributed by atoms with Crippen LogP contribution in [0.3, 0.4) is 0 Å². The van der Waals surface area contributed by atoms with Crippen molar-refractivity contribution in [1.82, 2.24) is 0 Å². The molecule has 0 bridgehead atoms. The van der Waals surface area contributed by atoms with E-state index in [-0.39, 0.29) is 10.8 Å². The van der Waals surface area contributed by atoms with E-state index >= 15 is 0 Å². The Bertz CT molecular complexity index is 1220. The summed E-state index contributed by atoms with van der Waals surface area (Å²) in [4.78, 5) is 14.5. The highest BCUT2D eigenvalue weighted by molar-refractivity contribution is 7.92. The topological polar surface area (TPSA) is 75.7 Å². The van der Waals surface area contributed by atoms with Crippen LogP contribution in [0, 0.1) is 0 Å². The van der Waals surface area contributed by atoms with Crippen molar-refractivity contribution >= 4 is 33.4 Å². The van der Waals surface area contributed by atoms with Crippen molar-refractivity contribution in [2.75, 3.05) is 23.3 Å². The Morgan fingerprint density at radius 2 is 1.71 bits per heavy atom. The predicted octanol–water partition coefficient (Wildman–Crippen LogP) is 4.10. The lowest BCUT2D eigenvalue weighted by atomic mass is 10.2. The highest BCUT2D eigenvalue weighted by Crippen LogP contribution is 2.27. The number of ether oxygens (including phenoxy) is 1. The first-order valence-electron chi connectivity index (χ1n) is 9.81. The van der Waals surface area contributed by atoms with Gasteiger partial charge in [0.1, 0.15) is 5.75 Å². The number of amides is 1. The van der Waals surface area contributed by atoms with Crippen molar-refractivity contribution < 1.29 is 17.9 Å². The third-order valence-electron chi connectivity index (χ3n) is 5.10. The SMILES string of the molecule is COc1ccc(NS(=O)(=O)c2ccc(/C=C/C(=O)N3CCc4ccccc43)cc2)cc1. The molecule has 4 rings (SSSR count). The highest BCUT2D eigenvalue weighted by Gasteiger charge is 2.22. The van der Waals surface area contributed by atoms with Crippen LogP contribution in [0.5, 0.6) is 5.75 Å². The van der Waals surface area contributed by atoms with E-state index < -0.39 is 10.0 Å². The Kier molecular flexibility index (Phi) is 5.77. The molecule has 3 aromatic rings. The lowest BCUT2D eigenvalue weighted by Gasteiger charge is -2.14. The molecule has 1 amide bonds. The van der Waals surface area contributed by atoms with E-state index in [0.29, 0.717) is 18.0 Å². The average molecular weight is 435 g/mol. The van der Waals surface area contributed by atoms with E-state index in [4.69, 9.17) is 4.74 Å². The zero-order chi connectivity index (χ0) is 21.8. The van der Waals surface area contributed by atoms with Gasteiger partial charge < -0.3 is 9.64 Å². The first-order chi connectivity index (χ1) is 15.0. The maximum absolute atomic E-state index is 12.6. The lowest BCUT2D eigenvalue weighted by Crippen LogP contribution is -2.26. The number of nitrogens with one attached hydrogen (secondary N) is 1. The number of nitrogens with zero attached hydrogens (tertiary/aromatic N) is 1. The summed E-state index contributed by atoms with van der Waals surface area (Å²) in [6, 6.07) is 20.9. The second kappa shape index (κ2) is 8.65. The van der Waals surface area contributed by atoms with E-state index in [1.54, 1.807) is 54.5 Å². The van der Waals surface area contributed by atoms with E-state index in [1.165, 1.54) is 23.8 Å². The summed E-state index contributed by atoms with van der Waals surface area (Å²) in [6.07, 6.45) is 4.06. The molecule has 1 heterocycles. The van der Waals surface area contributed by atoms with E-state index in [2.05, 4.69) is 4.72 Å². The van der Waals surface area contributed by atoms with Crippen molar-refractivity contribution in [3.8, 4) is 5.75 Å². The van der Waals surface area contributed by atoms with Crippen molar-refractivity contribution in [2.24, 2.45) is 0 Å². The molecular weight excluding hydrogens is 412 g/mol. The molecule has 0 aromatic heterocycles. The third-order valence-corrected chi connectivity index (χ3v) is 6.50. The molecule has 158 valence electrons. The standard InChI is InChI=1S/C24H22N2O4S/c1-30-21-11-9-20(10-12-21)25-31(28,29)22-13-6-18(7-14-22)8-15-24(27)26-17-16-19-4-2-3-5-23(19)26/h2-15,25H,16-17H2,1H3/b15-8+. The van der Waals surface area contributed by atoms with Crippen molar-refractivity contribution in [3.05, 3.63) is 90.0 Å². The maximum atomic E-state index is 12.6. The first kappa shape index (κ1) is 20.7. The number of hydrogen-bond acceptors (Lipinski definition) is 4. The average Bonchev–Trinajstić information content (AvgIpc) is 3.22. The summed E-state index contributed by atoms with van der Waals surface area (Å²) in [7, 11) is -2.17. The van der Waals surface area contributed by atoms with E-state index in [9.17, 15) is 13.2 Å². The minimum Gasteiger partial charge on any atom is -0.497 e. The predicted molar refractivity (Wildman–Crippen MR) is 122 cm³/mol. The van der Waals surface area contributed by atoms with E-state index in [0.717, 1.165) is 17.7 Å². The van der Waals surface area contributed by atoms with Crippen LogP contribution < -0.4 is 14.4 Å². The second-order valence-electron chi connectivity index (χ2n) is 7.10. The molecule has 0 spiro atoms. The molecule has 6 nitrogen and oxygen atoms in total. The van der Waals surface area contributed by atoms with Crippen molar-refractivity contribution in [1.29, 1.82) is 0 Å². The van der Waals surface area contributed by atoms with Crippen LogP contribution in [-0.4, -0.2) is 28.0 Å². The van der Waals surface area contributed by atoms with Gasteiger partial charge in [0.25, 0.3) is 15.9 Å². The summed E-state index contributed by atoms with van der Waals surface area (Å²) < 4.78 is 32.8. The van der Waals surface area contributed by atoms with Crippen LogP contribution in [0.25, 0.3) is 6.08 Å². The largest absolute Gasteiger partial charge is 0.497 e. The number of methoxy groups -OCH3 is 1. The van der Waals surface area contributed by atoms with Gasteiger partial charge in [-0.3, -0.25) is 9.52 Å². The molecular formula is C24H22N2O4S. The minimum absolute atomic E-state index is 0.0946. The van der Waals surface area contributed by atoms with Crippen molar-refractivity contribution in [2.45, 2.75) is 11.3 Å². The molecule has 0 fully saturated rings. The van der Waals surface area contributed by atoms with Gasteiger partial charge in [-0.05, 0) is 66.1 Å². The number of carbonyl (C=O) groups excluding carboxylic acids is 1. The Morgan fingerprint density at radius 1 is 1.00 bits per heavy atom. The van der Waals surface area contributed by atoms with Gasteiger partial charge in [0, 0.05) is 24.0 Å². The summed E-state index contributed by atoms with van der Waals surface area (Å²) >= 11 is 0. The van der Waals surface area contributed by atoms with Gasteiger partial charge in [-0.2, -0.15) is 0 Å². The molecule has 0 radical (unpaired) electrons. The maximum Gasteiger partial charge on any atom is 0.261 e. The molecule has 31 heavy (non-hydrogen) atoms. The monoisotopic (exact) mass is 434 g/mol. The molecule has 0 atom stereocenters. The fourth-order valence-electron chi connectivity index (χ4n) is 3.46. The number of benzene rings is 3. The first-order valence-corrected chi connectivity index (χ1v) is 11.3. The molecule has 7 heteroatoms. The molecule has 1 aliphatic heterocycles. The van der Waals surface area contributed by atoms with Crippen LogP contribution >= 0.6 is 0 Å². The van der Waals surface area contributed by atoms with Crippen LogP contribution in [0.1, 0.15) is 11.1 Å². The van der Waals surface area contributed by atoms with Crippen molar-refractivity contribution in [3.63, 3.8) is 0 Å². The zero-order valence-corrected chi connectivity index (χ0v) is 17.8. The minimum atomic E-state index is -3.72. The third kappa shape index (κ3) is 4.62. The number of carbonyl (C=O) groups is 1. The fraction of sp³-hybridized carbons (Fsp3) is 0.125. The number of hydrogen-bond donors (Lipinski definition) is 1. The normalized spacial score (nSPS) is 13.3. The summed E-state index contributed by atoms with van der Waals surface area (Å²) in [5, 5.41) is 0. The molecule has 0 saturated carbocycles. The molecule has 1 aliphatic rings. The van der Waals surface area contributed by atoms with Crippen LogP contribution in [0.4, 0.5) is 11.4 Å². The van der Waals surface area contributed by atoms with Gasteiger partial charge in [-0.1, -0.05) is 30.3 Å². The number of fused-ring (bicyclic) bond motifs is 1. The number of sulfonamides is 1.